The topological polar surface area (TPSA) is 104 Å². The zero-order valence-electron chi connectivity index (χ0n) is 15.1. The van der Waals surface area contributed by atoms with Crippen LogP contribution in [-0.2, 0) is 0 Å². The highest BCUT2D eigenvalue weighted by Crippen LogP contribution is 2.26. The smallest absolute Gasteiger partial charge is 0.273 e. The molecule has 2 unspecified atom stereocenters. The van der Waals surface area contributed by atoms with Gasteiger partial charge >= 0.3 is 0 Å². The van der Waals surface area contributed by atoms with Gasteiger partial charge in [0.2, 0.25) is 0 Å². The first-order chi connectivity index (χ1) is 12.5. The minimum Gasteiger partial charge on any atom is -0.354 e. The zero-order chi connectivity index (χ0) is 18.3. The Balaban J connectivity index is 1.52. The van der Waals surface area contributed by atoms with Crippen molar-refractivity contribution in [2.45, 2.75) is 45.7 Å². The summed E-state index contributed by atoms with van der Waals surface area (Å²) in [5, 5.41) is 17.6. The number of fused-ring (bicyclic) bond motifs is 1. The Morgan fingerprint density at radius 2 is 2.15 bits per heavy atom. The van der Waals surface area contributed by atoms with Gasteiger partial charge in [-0.15, -0.1) is 0 Å². The number of amides is 1. The molecule has 4 heterocycles. The Kier molecular flexibility index (Phi) is 4.06. The molecule has 2 N–H and O–H groups in total. The van der Waals surface area contributed by atoms with Gasteiger partial charge in [0.1, 0.15) is 5.82 Å². The summed E-state index contributed by atoms with van der Waals surface area (Å²) >= 11 is 0. The fourth-order valence-electron chi connectivity index (χ4n) is 3.61. The number of aromatic amines is 1. The van der Waals surface area contributed by atoms with Crippen molar-refractivity contribution in [3.63, 3.8) is 0 Å². The Labute approximate surface area is 150 Å². The van der Waals surface area contributed by atoms with Crippen molar-refractivity contribution in [2.24, 2.45) is 0 Å². The number of anilines is 1. The predicted octanol–water partition coefficient (Wildman–Crippen LogP) is 1.25. The highest BCUT2D eigenvalue weighted by molar-refractivity contribution is 5.92. The molecule has 0 saturated carbocycles. The number of rotatable bonds is 3. The van der Waals surface area contributed by atoms with Crippen molar-refractivity contribution in [1.82, 2.24) is 35.3 Å². The number of nitrogens with zero attached hydrogens (tertiary/aromatic N) is 6. The van der Waals surface area contributed by atoms with E-state index in [1.165, 1.54) is 6.20 Å². The molecule has 1 fully saturated rings. The van der Waals surface area contributed by atoms with Crippen LogP contribution in [0, 0.1) is 13.8 Å². The maximum atomic E-state index is 12.2. The van der Waals surface area contributed by atoms with Gasteiger partial charge in [-0.25, -0.2) is 4.98 Å². The first-order valence-electron chi connectivity index (χ1n) is 8.78. The molecule has 9 heteroatoms. The van der Waals surface area contributed by atoms with E-state index in [1.54, 1.807) is 0 Å². The van der Waals surface area contributed by atoms with Gasteiger partial charge in [0.05, 0.1) is 11.9 Å². The monoisotopic (exact) mass is 354 g/mol. The highest BCUT2D eigenvalue weighted by atomic mass is 16.2. The van der Waals surface area contributed by atoms with Crippen LogP contribution < -0.4 is 10.2 Å². The molecule has 2 atom stereocenters. The van der Waals surface area contributed by atoms with Crippen LogP contribution in [0.15, 0.2) is 18.3 Å². The second-order valence-electron chi connectivity index (χ2n) is 6.90. The summed E-state index contributed by atoms with van der Waals surface area (Å²) in [5.74, 6) is 0.864. The second kappa shape index (κ2) is 6.40. The van der Waals surface area contributed by atoms with Gasteiger partial charge in [0.15, 0.2) is 11.3 Å². The molecule has 0 aliphatic carbocycles. The SMILES string of the molecule is Cc1cc(N2CCC(NC(=O)c3cn[nH]n3)CC2C)n2nc(C)cc2n1. The fourth-order valence-corrected chi connectivity index (χ4v) is 3.61. The van der Waals surface area contributed by atoms with Gasteiger partial charge < -0.3 is 10.2 Å². The number of piperidine rings is 1. The first-order valence-corrected chi connectivity index (χ1v) is 8.78. The fraction of sp³-hybridized carbons (Fsp3) is 0.471. The van der Waals surface area contributed by atoms with E-state index in [1.807, 2.05) is 24.4 Å². The van der Waals surface area contributed by atoms with Gasteiger partial charge in [-0.05, 0) is 33.6 Å². The molecule has 1 aliphatic heterocycles. The average molecular weight is 354 g/mol. The largest absolute Gasteiger partial charge is 0.354 e. The third kappa shape index (κ3) is 3.00. The average Bonchev–Trinajstić information content (AvgIpc) is 3.23. The maximum Gasteiger partial charge on any atom is 0.273 e. The summed E-state index contributed by atoms with van der Waals surface area (Å²) < 4.78 is 1.91. The van der Waals surface area contributed by atoms with Crippen LogP contribution in [0.4, 0.5) is 5.82 Å². The Morgan fingerprint density at radius 1 is 1.31 bits per heavy atom. The first kappa shape index (κ1) is 16.5. The van der Waals surface area contributed by atoms with Crippen LogP contribution in [0.2, 0.25) is 0 Å². The number of carbonyl (C=O) groups is 1. The van der Waals surface area contributed by atoms with Crippen LogP contribution in [0.3, 0.4) is 0 Å². The molecule has 0 radical (unpaired) electrons. The third-order valence-corrected chi connectivity index (χ3v) is 4.81. The van der Waals surface area contributed by atoms with Crippen LogP contribution in [0.25, 0.3) is 5.65 Å². The van der Waals surface area contributed by atoms with Crippen molar-refractivity contribution >= 4 is 17.4 Å². The molecule has 9 nitrogen and oxygen atoms in total. The van der Waals surface area contributed by atoms with Crippen LogP contribution >= 0.6 is 0 Å². The van der Waals surface area contributed by atoms with Crippen molar-refractivity contribution < 1.29 is 4.79 Å². The van der Waals surface area contributed by atoms with Crippen LogP contribution in [0.5, 0.6) is 0 Å². The summed E-state index contributed by atoms with van der Waals surface area (Å²) in [4.78, 5) is 19.1. The lowest BCUT2D eigenvalue weighted by atomic mass is 9.98. The number of aromatic nitrogens is 6. The quantitative estimate of drug-likeness (QED) is 0.734. The standard InChI is InChI=1S/C17H22N8O/c1-10-7-16(25-15(19-10)6-11(2)22-25)24-5-4-13(8-12(24)3)20-17(26)14-9-18-23-21-14/h6-7,9,12-13H,4-5,8H2,1-3H3,(H,20,26)(H,18,21,23). The molecule has 0 spiro atoms. The normalized spacial score (nSPS) is 20.5. The number of carbonyl (C=O) groups excluding carboxylic acids is 1. The number of nitrogens with one attached hydrogen (secondary N) is 2. The summed E-state index contributed by atoms with van der Waals surface area (Å²) in [6.45, 7) is 6.99. The minimum atomic E-state index is -0.186. The molecule has 136 valence electrons. The van der Waals surface area contributed by atoms with Crippen LogP contribution in [-0.4, -0.2) is 54.5 Å². The summed E-state index contributed by atoms with van der Waals surface area (Å²) in [5.41, 5.74) is 3.11. The lowest BCUT2D eigenvalue weighted by Gasteiger charge is -2.39. The summed E-state index contributed by atoms with van der Waals surface area (Å²) in [6, 6.07) is 4.44. The van der Waals surface area contributed by atoms with Gasteiger partial charge in [0, 0.05) is 36.5 Å². The molecule has 1 amide bonds. The van der Waals surface area contributed by atoms with E-state index < -0.39 is 0 Å². The van der Waals surface area contributed by atoms with Crippen molar-refractivity contribution in [2.75, 3.05) is 11.4 Å². The van der Waals surface area contributed by atoms with E-state index in [2.05, 4.69) is 48.7 Å². The van der Waals surface area contributed by atoms with E-state index in [9.17, 15) is 4.79 Å². The third-order valence-electron chi connectivity index (χ3n) is 4.81. The van der Waals surface area contributed by atoms with Gasteiger partial charge in [-0.1, -0.05) is 0 Å². The van der Waals surface area contributed by atoms with Crippen LogP contribution in [0.1, 0.15) is 41.6 Å². The van der Waals surface area contributed by atoms with Crippen molar-refractivity contribution in [1.29, 1.82) is 0 Å². The lowest BCUT2D eigenvalue weighted by Crippen LogP contribution is -2.49. The number of aryl methyl sites for hydroxylation is 2. The van der Waals surface area contributed by atoms with E-state index in [4.69, 9.17) is 0 Å². The Hall–Kier alpha value is -2.97. The molecular formula is C17H22N8O. The second-order valence-corrected chi connectivity index (χ2v) is 6.90. The molecule has 0 aromatic carbocycles. The zero-order valence-corrected chi connectivity index (χ0v) is 15.1. The summed E-state index contributed by atoms with van der Waals surface area (Å²) in [6.07, 6.45) is 3.15. The maximum absolute atomic E-state index is 12.2. The molecule has 1 aliphatic rings. The Bertz CT molecular complexity index is 932. The number of hydrogen-bond acceptors (Lipinski definition) is 6. The van der Waals surface area contributed by atoms with E-state index >= 15 is 0 Å². The molecule has 4 rings (SSSR count). The molecule has 1 saturated heterocycles. The molecule has 3 aromatic heterocycles. The van der Waals surface area contributed by atoms with E-state index in [-0.39, 0.29) is 18.0 Å². The number of H-pyrrole nitrogens is 1. The van der Waals surface area contributed by atoms with E-state index in [0.717, 1.165) is 42.2 Å². The summed E-state index contributed by atoms with van der Waals surface area (Å²) in [7, 11) is 0. The van der Waals surface area contributed by atoms with Crippen molar-refractivity contribution in [3.05, 3.63) is 35.4 Å². The van der Waals surface area contributed by atoms with E-state index in [0.29, 0.717) is 5.69 Å². The highest BCUT2D eigenvalue weighted by Gasteiger charge is 2.29. The van der Waals surface area contributed by atoms with Gasteiger partial charge in [-0.3, -0.25) is 4.79 Å². The Morgan fingerprint density at radius 3 is 2.88 bits per heavy atom. The molecule has 26 heavy (non-hydrogen) atoms. The predicted molar refractivity (Wildman–Crippen MR) is 96.1 cm³/mol. The lowest BCUT2D eigenvalue weighted by molar-refractivity contribution is 0.0923. The molecule has 3 aromatic rings. The molecular weight excluding hydrogens is 332 g/mol. The van der Waals surface area contributed by atoms with Gasteiger partial charge in [-0.2, -0.15) is 25.0 Å². The number of hydrogen-bond donors (Lipinski definition) is 2. The van der Waals surface area contributed by atoms with Gasteiger partial charge in [0.25, 0.3) is 5.91 Å². The minimum absolute atomic E-state index is 0.114. The molecule has 0 bridgehead atoms. The van der Waals surface area contributed by atoms with Crippen molar-refractivity contribution in [3.8, 4) is 0 Å².